The molecule has 90 valence electrons. The van der Waals surface area contributed by atoms with Crippen LogP contribution in [-0.2, 0) is 11.0 Å². The highest BCUT2D eigenvalue weighted by Crippen LogP contribution is 2.31. The van der Waals surface area contributed by atoms with Gasteiger partial charge in [0.2, 0.25) is 0 Å². The van der Waals surface area contributed by atoms with E-state index in [1.54, 1.807) is 6.08 Å². The molecule has 0 spiro atoms. The molecule has 0 radical (unpaired) electrons. The van der Waals surface area contributed by atoms with Crippen molar-refractivity contribution in [1.29, 1.82) is 0 Å². The van der Waals surface area contributed by atoms with Crippen molar-refractivity contribution in [3.63, 3.8) is 0 Å². The number of anilines is 1. The Morgan fingerprint density at radius 3 is 2.71 bits per heavy atom. The second kappa shape index (κ2) is 4.12. The first-order valence-corrected chi connectivity index (χ1v) is 4.89. The van der Waals surface area contributed by atoms with Crippen LogP contribution in [0.1, 0.15) is 5.56 Å². The number of alkyl halides is 3. The fraction of sp³-hybridized carbons (Fsp3) is 0.182. The number of nitrogens with zero attached hydrogens (tertiary/aromatic N) is 1. The maximum absolute atomic E-state index is 12.5. The van der Waals surface area contributed by atoms with Crippen molar-refractivity contribution in [1.82, 2.24) is 5.43 Å². The molecule has 17 heavy (non-hydrogen) atoms. The fourth-order valence-corrected chi connectivity index (χ4v) is 1.50. The highest BCUT2D eigenvalue weighted by atomic mass is 19.4. The van der Waals surface area contributed by atoms with Gasteiger partial charge < -0.3 is 0 Å². The zero-order valence-corrected chi connectivity index (χ0v) is 8.66. The number of halogens is 3. The Morgan fingerprint density at radius 1 is 1.29 bits per heavy atom. The summed E-state index contributed by atoms with van der Waals surface area (Å²) in [7, 11) is 0. The maximum atomic E-state index is 12.5. The quantitative estimate of drug-likeness (QED) is 0.818. The third kappa shape index (κ3) is 2.58. The molecule has 0 aromatic heterocycles. The van der Waals surface area contributed by atoms with Crippen molar-refractivity contribution in [2.45, 2.75) is 6.18 Å². The first-order valence-electron chi connectivity index (χ1n) is 4.89. The molecule has 1 aliphatic rings. The van der Waals surface area contributed by atoms with E-state index in [0.29, 0.717) is 12.2 Å². The minimum Gasteiger partial charge on any atom is -0.281 e. The third-order valence-corrected chi connectivity index (χ3v) is 2.29. The fourth-order valence-electron chi connectivity index (χ4n) is 1.50. The van der Waals surface area contributed by atoms with Crippen LogP contribution in [0.4, 0.5) is 18.9 Å². The number of carbonyl (C=O) groups is 1. The average Bonchev–Trinajstić information content (AvgIpc) is 2.28. The molecule has 2 rings (SSSR count). The van der Waals surface area contributed by atoms with Crippen LogP contribution >= 0.6 is 0 Å². The van der Waals surface area contributed by atoms with Crippen molar-refractivity contribution < 1.29 is 18.0 Å². The van der Waals surface area contributed by atoms with Crippen molar-refractivity contribution in [2.24, 2.45) is 0 Å². The van der Waals surface area contributed by atoms with Gasteiger partial charge in [0.1, 0.15) is 0 Å². The number of benzene rings is 1. The number of nitrogens with one attached hydrogen (secondary N) is 1. The van der Waals surface area contributed by atoms with Gasteiger partial charge in [-0.05, 0) is 18.2 Å². The summed E-state index contributed by atoms with van der Waals surface area (Å²) in [6.45, 7) is 0.340. The molecular weight excluding hydrogens is 233 g/mol. The normalized spacial score (nSPS) is 15.9. The van der Waals surface area contributed by atoms with Gasteiger partial charge in [-0.25, -0.2) is 0 Å². The Balaban J connectivity index is 2.28. The van der Waals surface area contributed by atoms with E-state index in [-0.39, 0.29) is 5.91 Å². The summed E-state index contributed by atoms with van der Waals surface area (Å²) < 4.78 is 37.5. The molecule has 0 fully saturated rings. The molecule has 0 bridgehead atoms. The van der Waals surface area contributed by atoms with Gasteiger partial charge in [0.15, 0.2) is 0 Å². The van der Waals surface area contributed by atoms with Gasteiger partial charge >= 0.3 is 6.18 Å². The summed E-state index contributed by atoms with van der Waals surface area (Å²) in [4.78, 5) is 11.1. The average molecular weight is 242 g/mol. The molecule has 1 aliphatic heterocycles. The Morgan fingerprint density at radius 2 is 2.06 bits per heavy atom. The van der Waals surface area contributed by atoms with Crippen LogP contribution in [0.3, 0.4) is 0 Å². The molecule has 1 aromatic rings. The van der Waals surface area contributed by atoms with E-state index in [1.807, 2.05) is 0 Å². The molecule has 0 aliphatic carbocycles. The molecule has 6 heteroatoms. The largest absolute Gasteiger partial charge is 0.416 e. The van der Waals surface area contributed by atoms with E-state index in [4.69, 9.17) is 0 Å². The third-order valence-electron chi connectivity index (χ3n) is 2.29. The standard InChI is InChI=1S/C11H9F3N2O/c12-11(13,14)8-3-1-4-9(7-8)16-6-2-5-10(17)15-16/h1-5,7H,6H2,(H,15,17). The predicted octanol–water partition coefficient (Wildman–Crippen LogP) is 2.11. The van der Waals surface area contributed by atoms with Gasteiger partial charge in [-0.15, -0.1) is 0 Å². The van der Waals surface area contributed by atoms with E-state index in [0.717, 1.165) is 12.1 Å². The molecule has 1 amide bonds. The summed E-state index contributed by atoms with van der Waals surface area (Å²) in [5.41, 5.74) is 2.02. The zero-order valence-electron chi connectivity index (χ0n) is 8.66. The van der Waals surface area contributed by atoms with Crippen molar-refractivity contribution in [3.05, 3.63) is 42.0 Å². The molecule has 0 unspecified atom stereocenters. The Labute approximate surface area is 95.5 Å². The maximum Gasteiger partial charge on any atom is 0.416 e. The van der Waals surface area contributed by atoms with E-state index < -0.39 is 11.7 Å². The lowest BCUT2D eigenvalue weighted by atomic mass is 10.2. The predicted molar refractivity (Wildman–Crippen MR) is 56.1 cm³/mol. The van der Waals surface area contributed by atoms with E-state index in [1.165, 1.54) is 23.2 Å². The highest BCUT2D eigenvalue weighted by Gasteiger charge is 2.30. The molecule has 0 atom stereocenters. The second-order valence-corrected chi connectivity index (χ2v) is 3.54. The summed E-state index contributed by atoms with van der Waals surface area (Å²) >= 11 is 0. The molecule has 0 saturated heterocycles. The molecule has 1 aromatic carbocycles. The molecule has 1 N–H and O–H groups in total. The summed E-state index contributed by atoms with van der Waals surface area (Å²) in [6, 6.07) is 4.81. The molecular formula is C11H9F3N2O. The Bertz CT molecular complexity index is 468. The number of hydrogen-bond acceptors (Lipinski definition) is 2. The van der Waals surface area contributed by atoms with Crippen LogP contribution in [0.25, 0.3) is 0 Å². The Hall–Kier alpha value is -1.98. The van der Waals surface area contributed by atoms with Crippen LogP contribution in [0.2, 0.25) is 0 Å². The summed E-state index contributed by atoms with van der Waals surface area (Å²) in [5.74, 6) is -0.353. The number of hydrazine groups is 1. The lowest BCUT2D eigenvalue weighted by Crippen LogP contribution is -2.44. The van der Waals surface area contributed by atoms with Gasteiger partial charge in [0.05, 0.1) is 17.8 Å². The van der Waals surface area contributed by atoms with Crippen LogP contribution in [0.15, 0.2) is 36.4 Å². The lowest BCUT2D eigenvalue weighted by Gasteiger charge is -2.26. The molecule has 0 saturated carbocycles. The first-order chi connectivity index (χ1) is 7.97. The smallest absolute Gasteiger partial charge is 0.281 e. The number of amides is 1. The highest BCUT2D eigenvalue weighted by molar-refractivity contribution is 5.90. The van der Waals surface area contributed by atoms with Gasteiger partial charge in [0.25, 0.3) is 5.91 Å². The number of rotatable bonds is 1. The number of hydrogen-bond donors (Lipinski definition) is 1. The van der Waals surface area contributed by atoms with E-state index in [2.05, 4.69) is 5.43 Å². The summed E-state index contributed by atoms with van der Waals surface area (Å²) in [6.07, 6.45) is -1.46. The van der Waals surface area contributed by atoms with Crippen molar-refractivity contribution in [3.8, 4) is 0 Å². The van der Waals surface area contributed by atoms with Crippen LogP contribution in [0, 0.1) is 0 Å². The second-order valence-electron chi connectivity index (χ2n) is 3.54. The van der Waals surface area contributed by atoms with Crippen LogP contribution < -0.4 is 10.4 Å². The van der Waals surface area contributed by atoms with Gasteiger partial charge in [0, 0.05) is 6.08 Å². The summed E-state index contributed by atoms with van der Waals surface area (Å²) in [5, 5.41) is 1.36. The molecule has 1 heterocycles. The van der Waals surface area contributed by atoms with Crippen LogP contribution in [-0.4, -0.2) is 12.5 Å². The first kappa shape index (κ1) is 11.5. The van der Waals surface area contributed by atoms with E-state index in [9.17, 15) is 18.0 Å². The number of carbonyl (C=O) groups excluding carboxylic acids is 1. The molecule has 3 nitrogen and oxygen atoms in total. The van der Waals surface area contributed by atoms with Gasteiger partial charge in [-0.2, -0.15) is 13.2 Å². The SMILES string of the molecule is O=C1C=CCN(c2cccc(C(F)(F)F)c2)N1. The Kier molecular flexibility index (Phi) is 2.79. The van der Waals surface area contributed by atoms with E-state index >= 15 is 0 Å². The topological polar surface area (TPSA) is 32.3 Å². The van der Waals surface area contributed by atoms with Crippen molar-refractivity contribution >= 4 is 11.6 Å². The minimum atomic E-state index is -4.38. The van der Waals surface area contributed by atoms with Gasteiger partial charge in [-0.1, -0.05) is 12.1 Å². The van der Waals surface area contributed by atoms with Crippen molar-refractivity contribution in [2.75, 3.05) is 11.6 Å². The zero-order chi connectivity index (χ0) is 12.5. The minimum absolute atomic E-state index is 0.303. The van der Waals surface area contributed by atoms with Gasteiger partial charge in [-0.3, -0.25) is 15.2 Å². The van der Waals surface area contributed by atoms with Crippen LogP contribution in [0.5, 0.6) is 0 Å². The lowest BCUT2D eigenvalue weighted by molar-refractivity contribution is -0.137. The monoisotopic (exact) mass is 242 g/mol.